The third kappa shape index (κ3) is 8.66. The van der Waals surface area contributed by atoms with Crippen molar-refractivity contribution in [2.75, 3.05) is 9.80 Å². The summed E-state index contributed by atoms with van der Waals surface area (Å²) in [6.07, 6.45) is 0. The van der Waals surface area contributed by atoms with Crippen molar-refractivity contribution in [2.45, 2.75) is 0 Å². The highest BCUT2D eigenvalue weighted by Crippen LogP contribution is 2.46. The van der Waals surface area contributed by atoms with Gasteiger partial charge in [-0.25, -0.2) is 0 Å². The van der Waals surface area contributed by atoms with Gasteiger partial charge in [0, 0.05) is 50.2 Å². The zero-order valence-corrected chi connectivity index (χ0v) is 42.2. The first kappa shape index (κ1) is 45.4. The van der Waals surface area contributed by atoms with Gasteiger partial charge in [0.15, 0.2) is 0 Å². The van der Waals surface area contributed by atoms with Crippen LogP contribution in [0.2, 0.25) is 0 Å². The number of nitrogens with zero attached hydrogens (tertiary/aromatic N) is 2. The van der Waals surface area contributed by atoms with Crippen LogP contribution in [0.3, 0.4) is 0 Å². The van der Waals surface area contributed by atoms with Crippen LogP contribution in [0.4, 0.5) is 34.1 Å². The molecule has 3 nitrogen and oxygen atoms in total. The van der Waals surface area contributed by atoms with Gasteiger partial charge < -0.3 is 14.2 Å². The summed E-state index contributed by atoms with van der Waals surface area (Å²) in [6.45, 7) is 0. The Balaban J connectivity index is 0.881. The van der Waals surface area contributed by atoms with Crippen molar-refractivity contribution in [3.05, 3.63) is 303 Å². The zero-order chi connectivity index (χ0) is 51.1. The molecule has 0 aliphatic carbocycles. The Morgan fingerprint density at radius 1 is 0.221 bits per heavy atom. The Labute approximate surface area is 448 Å². The van der Waals surface area contributed by atoms with Gasteiger partial charge in [-0.3, -0.25) is 0 Å². The van der Waals surface area contributed by atoms with Crippen LogP contribution in [0.5, 0.6) is 0 Å². The second-order valence-corrected chi connectivity index (χ2v) is 19.7. The Bertz CT molecular complexity index is 4450. The topological polar surface area (TPSA) is 19.6 Å². The summed E-state index contributed by atoms with van der Waals surface area (Å²) in [7, 11) is 0. The van der Waals surface area contributed by atoms with Crippen molar-refractivity contribution in [1.29, 1.82) is 0 Å². The smallest absolute Gasteiger partial charge is 0.143 e. The predicted octanol–water partition coefficient (Wildman–Crippen LogP) is 21.2. The molecule has 0 unspecified atom stereocenters. The molecule has 362 valence electrons. The molecule has 0 spiro atoms. The lowest BCUT2D eigenvalue weighted by atomic mass is 9.98. The lowest BCUT2D eigenvalue weighted by Gasteiger charge is -2.29. The molecule has 0 amide bonds. The molecular weight excluding hydrogens is 933 g/mol. The molecule has 3 heteroatoms. The fourth-order valence-corrected chi connectivity index (χ4v) is 11.2. The van der Waals surface area contributed by atoms with E-state index in [1.54, 1.807) is 0 Å². The highest BCUT2D eigenvalue weighted by atomic mass is 16.3. The van der Waals surface area contributed by atoms with E-state index in [-0.39, 0.29) is 0 Å². The number of fused-ring (bicyclic) bond motifs is 6. The minimum absolute atomic E-state index is 0.883. The van der Waals surface area contributed by atoms with Crippen molar-refractivity contribution < 1.29 is 4.42 Å². The molecule has 0 aliphatic rings. The summed E-state index contributed by atoms with van der Waals surface area (Å²) in [5.74, 6) is 0. The van der Waals surface area contributed by atoms with E-state index in [1.165, 1.54) is 38.4 Å². The molecule has 0 radical (unpaired) electrons. The summed E-state index contributed by atoms with van der Waals surface area (Å²) in [5, 5.41) is 6.93. The van der Waals surface area contributed by atoms with Crippen LogP contribution in [0.15, 0.2) is 308 Å². The van der Waals surface area contributed by atoms with E-state index in [9.17, 15) is 0 Å². The minimum Gasteiger partial charge on any atom is -0.455 e. The molecular formula is C74H50N2O. The Morgan fingerprint density at radius 3 is 1.35 bits per heavy atom. The summed E-state index contributed by atoms with van der Waals surface area (Å²) in [5.41, 5.74) is 19.7. The van der Waals surface area contributed by atoms with Crippen molar-refractivity contribution in [2.24, 2.45) is 0 Å². The molecule has 0 fully saturated rings. The van der Waals surface area contributed by atoms with E-state index < -0.39 is 0 Å². The summed E-state index contributed by atoms with van der Waals surface area (Å²) >= 11 is 0. The van der Waals surface area contributed by atoms with Gasteiger partial charge in [-0.05, 0) is 157 Å². The number of anilines is 6. The van der Waals surface area contributed by atoms with E-state index in [4.69, 9.17) is 4.42 Å². The number of benzene rings is 13. The number of furan rings is 1. The van der Waals surface area contributed by atoms with E-state index in [2.05, 4.69) is 313 Å². The molecule has 0 saturated heterocycles. The van der Waals surface area contributed by atoms with E-state index in [1.807, 2.05) is 0 Å². The maximum Gasteiger partial charge on any atom is 0.143 e. The summed E-state index contributed by atoms with van der Waals surface area (Å²) in [4.78, 5) is 4.80. The van der Waals surface area contributed by atoms with Gasteiger partial charge in [0.2, 0.25) is 0 Å². The van der Waals surface area contributed by atoms with Crippen LogP contribution in [-0.4, -0.2) is 0 Å². The largest absolute Gasteiger partial charge is 0.455 e. The average molecular weight is 983 g/mol. The third-order valence-corrected chi connectivity index (χ3v) is 15.0. The molecule has 13 aromatic carbocycles. The first-order valence-corrected chi connectivity index (χ1v) is 26.3. The second-order valence-electron chi connectivity index (χ2n) is 19.7. The molecule has 0 saturated carbocycles. The van der Waals surface area contributed by atoms with Crippen LogP contribution in [0.1, 0.15) is 0 Å². The molecule has 0 bridgehead atoms. The Hall–Kier alpha value is -10.2. The third-order valence-electron chi connectivity index (χ3n) is 15.0. The van der Waals surface area contributed by atoms with E-state index in [0.29, 0.717) is 0 Å². The van der Waals surface area contributed by atoms with Crippen LogP contribution < -0.4 is 9.80 Å². The van der Waals surface area contributed by atoms with Crippen molar-refractivity contribution in [3.8, 4) is 55.6 Å². The summed E-state index contributed by atoms with van der Waals surface area (Å²) in [6, 6.07) is 109. The van der Waals surface area contributed by atoms with Gasteiger partial charge in [-0.1, -0.05) is 212 Å². The molecule has 0 atom stereocenters. The molecule has 1 aromatic heterocycles. The number of para-hydroxylation sites is 1. The Morgan fingerprint density at radius 2 is 0.662 bits per heavy atom. The Kier molecular flexibility index (Phi) is 11.5. The van der Waals surface area contributed by atoms with Gasteiger partial charge >= 0.3 is 0 Å². The normalized spacial score (nSPS) is 11.4. The first-order chi connectivity index (χ1) is 38.1. The molecule has 0 N–H and O–H groups in total. The number of hydrogen-bond donors (Lipinski definition) is 0. The van der Waals surface area contributed by atoms with Crippen LogP contribution >= 0.6 is 0 Å². The van der Waals surface area contributed by atoms with Gasteiger partial charge in [-0.2, -0.15) is 0 Å². The maximum atomic E-state index is 6.63. The van der Waals surface area contributed by atoms with Gasteiger partial charge in [0.1, 0.15) is 11.2 Å². The quantitative estimate of drug-likeness (QED) is 0.129. The maximum absolute atomic E-state index is 6.63. The van der Waals surface area contributed by atoms with Crippen molar-refractivity contribution in [3.63, 3.8) is 0 Å². The fourth-order valence-electron chi connectivity index (χ4n) is 11.2. The molecule has 0 aliphatic heterocycles. The predicted molar refractivity (Wildman–Crippen MR) is 325 cm³/mol. The fraction of sp³-hybridized carbons (Fsp3) is 0. The van der Waals surface area contributed by atoms with Gasteiger partial charge in [0.25, 0.3) is 0 Å². The number of rotatable bonds is 11. The number of hydrogen-bond acceptors (Lipinski definition) is 3. The second kappa shape index (κ2) is 19.6. The SMILES string of the molecule is c1ccc(-c2cccc(N(c3cccc(-c4ccccc4N(c4ccc(-c5ccc6c(c5)oc5c7ccccc7ccc65)cc4)c4cccc(-c5ccccc5)c4)c3)c3ccc4cc(-c5ccccc5)ccc4c3)c2)cc1. The van der Waals surface area contributed by atoms with Crippen LogP contribution in [0, 0.1) is 0 Å². The van der Waals surface area contributed by atoms with E-state index in [0.717, 1.165) is 94.8 Å². The van der Waals surface area contributed by atoms with Crippen LogP contribution in [-0.2, 0) is 0 Å². The molecule has 14 rings (SSSR count). The average Bonchev–Trinajstić information content (AvgIpc) is 3.95. The highest BCUT2D eigenvalue weighted by Gasteiger charge is 2.21. The minimum atomic E-state index is 0.883. The van der Waals surface area contributed by atoms with Crippen LogP contribution in [0.25, 0.3) is 99.1 Å². The first-order valence-electron chi connectivity index (χ1n) is 26.3. The zero-order valence-electron chi connectivity index (χ0n) is 42.2. The monoisotopic (exact) mass is 982 g/mol. The molecule has 1 heterocycles. The lowest BCUT2D eigenvalue weighted by Crippen LogP contribution is -2.12. The van der Waals surface area contributed by atoms with Crippen molar-refractivity contribution in [1.82, 2.24) is 0 Å². The van der Waals surface area contributed by atoms with Gasteiger partial charge in [-0.15, -0.1) is 0 Å². The lowest BCUT2D eigenvalue weighted by molar-refractivity contribution is 0.673. The summed E-state index contributed by atoms with van der Waals surface area (Å²) < 4.78 is 6.63. The standard InChI is InChI=1S/C74H50N2O/c1-4-17-51(18-5-1)56-24-14-27-64(46-56)75(67-42-37-59-45-58(33-34-60(59)48-67)53-21-8-3-9-22-53)65-28-16-26-62(49-65)68-30-12-13-32-72(68)76(66-29-15-25-57(47-66)52-19-6-2-7-20-52)63-40-35-54(36-41-63)61-39-43-70-71-44-38-55-23-10-11-31-69(55)74(71)77-73(70)50-61/h1-50H. The van der Waals surface area contributed by atoms with E-state index >= 15 is 0 Å². The molecule has 77 heavy (non-hydrogen) atoms. The van der Waals surface area contributed by atoms with Crippen molar-refractivity contribution >= 4 is 77.6 Å². The highest BCUT2D eigenvalue weighted by molar-refractivity contribution is 6.15. The molecule has 14 aromatic rings. The van der Waals surface area contributed by atoms with Gasteiger partial charge in [0.05, 0.1) is 5.69 Å².